The summed E-state index contributed by atoms with van der Waals surface area (Å²) in [6, 6.07) is 6.00. The molecule has 16 heavy (non-hydrogen) atoms. The second-order valence-electron chi connectivity index (χ2n) is 3.58. The minimum absolute atomic E-state index is 0.743. The van der Waals surface area contributed by atoms with Gasteiger partial charge in [0.2, 0.25) is 5.13 Å². The first-order valence-electron chi connectivity index (χ1n) is 4.94. The van der Waals surface area contributed by atoms with E-state index in [-0.39, 0.29) is 0 Å². The highest BCUT2D eigenvalue weighted by Crippen LogP contribution is 2.17. The molecule has 2 rings (SSSR count). The van der Waals surface area contributed by atoms with Crippen LogP contribution in [-0.2, 0) is 6.54 Å². The monoisotopic (exact) mass is 253 g/mol. The molecular formula is C11H12ClN3S. The molecule has 1 N–H and O–H groups in total. The summed E-state index contributed by atoms with van der Waals surface area (Å²) < 4.78 is 4.11. The lowest BCUT2D eigenvalue weighted by molar-refractivity contribution is 1.10. The first-order valence-corrected chi connectivity index (χ1v) is 6.09. The lowest BCUT2D eigenvalue weighted by Crippen LogP contribution is -1.99. The van der Waals surface area contributed by atoms with E-state index in [1.165, 1.54) is 17.1 Å². The Hall–Kier alpha value is -1.13. The molecule has 1 heterocycles. The fraction of sp³-hybridized carbons (Fsp3) is 0.273. The van der Waals surface area contributed by atoms with Crippen LogP contribution in [-0.4, -0.2) is 9.36 Å². The van der Waals surface area contributed by atoms with Crippen molar-refractivity contribution in [3.63, 3.8) is 0 Å². The molecule has 0 saturated carbocycles. The number of aryl methyl sites for hydroxylation is 2. The molecule has 2 aromatic rings. The molecule has 0 aliphatic heterocycles. The molecule has 0 atom stereocenters. The first kappa shape index (κ1) is 11.4. The molecule has 0 unspecified atom stereocenters. The first-order chi connectivity index (χ1) is 7.65. The van der Waals surface area contributed by atoms with Crippen LogP contribution >= 0.6 is 23.1 Å². The summed E-state index contributed by atoms with van der Waals surface area (Å²) in [6.07, 6.45) is 0. The highest BCUT2D eigenvalue weighted by molar-refractivity contribution is 7.09. The summed E-state index contributed by atoms with van der Waals surface area (Å²) in [5.41, 5.74) is 2.28. The van der Waals surface area contributed by atoms with Crippen molar-refractivity contribution in [1.82, 2.24) is 9.36 Å². The number of aromatic nitrogens is 2. The van der Waals surface area contributed by atoms with Crippen LogP contribution in [0.4, 0.5) is 5.13 Å². The zero-order chi connectivity index (χ0) is 11.5. The van der Waals surface area contributed by atoms with Crippen molar-refractivity contribution >= 4 is 28.3 Å². The SMILES string of the molecule is Cc1nsc(NCc2ccc(Cl)c(C)c2)n1. The van der Waals surface area contributed by atoms with Gasteiger partial charge in [0.15, 0.2) is 0 Å². The van der Waals surface area contributed by atoms with Crippen LogP contribution in [0.3, 0.4) is 0 Å². The number of anilines is 1. The third-order valence-corrected chi connectivity index (χ3v) is 3.38. The highest BCUT2D eigenvalue weighted by Gasteiger charge is 2.01. The van der Waals surface area contributed by atoms with Gasteiger partial charge in [0.1, 0.15) is 5.82 Å². The van der Waals surface area contributed by atoms with Gasteiger partial charge in [0, 0.05) is 23.1 Å². The highest BCUT2D eigenvalue weighted by atomic mass is 35.5. The molecule has 0 spiro atoms. The number of hydrogen-bond acceptors (Lipinski definition) is 4. The standard InChI is InChI=1S/C11H12ClN3S/c1-7-5-9(3-4-10(7)12)6-13-11-14-8(2)15-16-11/h3-5H,6H2,1-2H3,(H,13,14,15). The quantitative estimate of drug-likeness (QED) is 0.911. The van der Waals surface area contributed by atoms with Gasteiger partial charge in [-0.2, -0.15) is 4.37 Å². The Kier molecular flexibility index (Phi) is 3.41. The van der Waals surface area contributed by atoms with E-state index in [0.29, 0.717) is 0 Å². The maximum atomic E-state index is 5.96. The number of benzene rings is 1. The molecule has 0 saturated heterocycles. The molecule has 1 aromatic heterocycles. The van der Waals surface area contributed by atoms with Gasteiger partial charge >= 0.3 is 0 Å². The minimum atomic E-state index is 0.743. The molecule has 0 bridgehead atoms. The van der Waals surface area contributed by atoms with Crippen molar-refractivity contribution in [3.8, 4) is 0 Å². The van der Waals surface area contributed by atoms with Gasteiger partial charge < -0.3 is 5.32 Å². The summed E-state index contributed by atoms with van der Waals surface area (Å²) in [4.78, 5) is 4.24. The average molecular weight is 254 g/mol. The number of halogens is 1. The Balaban J connectivity index is 2.02. The second-order valence-corrected chi connectivity index (χ2v) is 4.74. The fourth-order valence-corrected chi connectivity index (χ4v) is 2.05. The Morgan fingerprint density at radius 1 is 1.38 bits per heavy atom. The van der Waals surface area contributed by atoms with Gasteiger partial charge in [0.25, 0.3) is 0 Å². The Morgan fingerprint density at radius 3 is 2.81 bits per heavy atom. The van der Waals surface area contributed by atoms with Crippen LogP contribution in [0, 0.1) is 13.8 Å². The Labute approximate surface area is 104 Å². The summed E-state index contributed by atoms with van der Waals surface area (Å²) in [7, 11) is 0. The van der Waals surface area contributed by atoms with Gasteiger partial charge in [-0.05, 0) is 31.0 Å². The van der Waals surface area contributed by atoms with Crippen molar-refractivity contribution < 1.29 is 0 Å². The fourth-order valence-electron chi connectivity index (χ4n) is 1.36. The van der Waals surface area contributed by atoms with Crippen LogP contribution < -0.4 is 5.32 Å². The molecule has 0 amide bonds. The van der Waals surface area contributed by atoms with Crippen molar-refractivity contribution in [1.29, 1.82) is 0 Å². The van der Waals surface area contributed by atoms with Gasteiger partial charge in [-0.3, -0.25) is 0 Å². The summed E-state index contributed by atoms with van der Waals surface area (Å²) >= 11 is 7.34. The lowest BCUT2D eigenvalue weighted by Gasteiger charge is -2.04. The maximum absolute atomic E-state index is 5.96. The molecule has 1 aromatic carbocycles. The zero-order valence-electron chi connectivity index (χ0n) is 9.12. The third-order valence-electron chi connectivity index (χ3n) is 2.19. The molecule has 84 valence electrons. The zero-order valence-corrected chi connectivity index (χ0v) is 10.7. The van der Waals surface area contributed by atoms with Gasteiger partial charge in [-0.1, -0.05) is 23.7 Å². The molecule has 0 aliphatic carbocycles. The van der Waals surface area contributed by atoms with Crippen molar-refractivity contribution in [2.24, 2.45) is 0 Å². The van der Waals surface area contributed by atoms with Crippen molar-refractivity contribution in [2.75, 3.05) is 5.32 Å². The number of rotatable bonds is 3. The molecule has 0 radical (unpaired) electrons. The van der Waals surface area contributed by atoms with E-state index in [9.17, 15) is 0 Å². The van der Waals surface area contributed by atoms with Gasteiger partial charge in [-0.15, -0.1) is 0 Å². The van der Waals surface area contributed by atoms with E-state index in [1.807, 2.05) is 26.0 Å². The number of nitrogens with zero attached hydrogens (tertiary/aromatic N) is 2. The minimum Gasteiger partial charge on any atom is -0.356 e. The predicted octanol–water partition coefficient (Wildman–Crippen LogP) is 3.42. The van der Waals surface area contributed by atoms with E-state index in [0.717, 1.165) is 28.1 Å². The number of hydrogen-bond donors (Lipinski definition) is 1. The predicted molar refractivity (Wildman–Crippen MR) is 68.2 cm³/mol. The van der Waals surface area contributed by atoms with E-state index >= 15 is 0 Å². The van der Waals surface area contributed by atoms with Crippen LogP contribution in [0.5, 0.6) is 0 Å². The van der Waals surface area contributed by atoms with E-state index in [1.54, 1.807) is 0 Å². The topological polar surface area (TPSA) is 37.8 Å². The van der Waals surface area contributed by atoms with Crippen molar-refractivity contribution in [2.45, 2.75) is 20.4 Å². The molecule has 5 heteroatoms. The molecule has 0 fully saturated rings. The van der Waals surface area contributed by atoms with Crippen LogP contribution in [0.1, 0.15) is 17.0 Å². The largest absolute Gasteiger partial charge is 0.356 e. The molecular weight excluding hydrogens is 242 g/mol. The molecule has 3 nitrogen and oxygen atoms in total. The third kappa shape index (κ3) is 2.71. The van der Waals surface area contributed by atoms with Crippen molar-refractivity contribution in [3.05, 3.63) is 40.2 Å². The second kappa shape index (κ2) is 4.80. The van der Waals surface area contributed by atoms with Crippen LogP contribution in [0.2, 0.25) is 5.02 Å². The maximum Gasteiger partial charge on any atom is 0.202 e. The van der Waals surface area contributed by atoms with Crippen LogP contribution in [0.15, 0.2) is 18.2 Å². The Morgan fingerprint density at radius 2 is 2.19 bits per heavy atom. The summed E-state index contributed by atoms with van der Waals surface area (Å²) in [6.45, 7) is 4.63. The van der Waals surface area contributed by atoms with Gasteiger partial charge in [0.05, 0.1) is 0 Å². The number of nitrogens with one attached hydrogen (secondary N) is 1. The smallest absolute Gasteiger partial charge is 0.202 e. The van der Waals surface area contributed by atoms with E-state index in [4.69, 9.17) is 11.6 Å². The van der Waals surface area contributed by atoms with E-state index in [2.05, 4.69) is 20.7 Å². The lowest BCUT2D eigenvalue weighted by atomic mass is 10.1. The van der Waals surface area contributed by atoms with Crippen LogP contribution in [0.25, 0.3) is 0 Å². The summed E-state index contributed by atoms with van der Waals surface area (Å²) in [5.74, 6) is 0.805. The average Bonchev–Trinajstić information content (AvgIpc) is 2.66. The summed E-state index contributed by atoms with van der Waals surface area (Å²) in [5, 5.41) is 4.88. The van der Waals surface area contributed by atoms with E-state index < -0.39 is 0 Å². The molecule has 0 aliphatic rings. The van der Waals surface area contributed by atoms with Gasteiger partial charge in [-0.25, -0.2) is 4.98 Å². The normalized spacial score (nSPS) is 10.4. The Bertz CT molecular complexity index is 496.